The Balaban J connectivity index is 0.000000392. The Kier molecular flexibility index (Phi) is 13.8. The number of nitrogens with two attached hydrogens (primary N) is 1. The number of nitrogens with one attached hydrogen (secondary N) is 1. The van der Waals surface area contributed by atoms with Gasteiger partial charge in [0.05, 0.1) is 18.3 Å². The molecule has 49 heavy (non-hydrogen) atoms. The number of hydrogen-bond donors (Lipinski definition) is 4. The van der Waals surface area contributed by atoms with Crippen LogP contribution in [0.4, 0.5) is 26.3 Å². The van der Waals surface area contributed by atoms with Gasteiger partial charge in [0.25, 0.3) is 0 Å². The number of ether oxygens (including phenoxy) is 2. The maximum absolute atomic E-state index is 10.6. The van der Waals surface area contributed by atoms with Gasteiger partial charge in [-0.25, -0.2) is 9.59 Å². The van der Waals surface area contributed by atoms with Crippen LogP contribution >= 0.6 is 0 Å². The van der Waals surface area contributed by atoms with E-state index in [1.54, 1.807) is 6.20 Å². The first-order valence-electron chi connectivity index (χ1n) is 15.1. The van der Waals surface area contributed by atoms with Gasteiger partial charge in [-0.1, -0.05) is 37.5 Å². The Bertz CT molecular complexity index is 1650. The second-order valence-corrected chi connectivity index (χ2v) is 11.3. The summed E-state index contributed by atoms with van der Waals surface area (Å²) in [7, 11) is 0. The molecule has 1 aliphatic rings. The van der Waals surface area contributed by atoms with E-state index in [1.165, 1.54) is 32.1 Å². The van der Waals surface area contributed by atoms with Crippen molar-refractivity contribution in [3.63, 3.8) is 0 Å². The molecule has 5 rings (SSSR count). The number of rotatable bonds is 9. The summed E-state index contributed by atoms with van der Waals surface area (Å²) in [5.74, 6) is -3.17. The molecule has 2 heterocycles. The molecule has 4 aromatic rings. The third-order valence-electron chi connectivity index (χ3n) is 7.35. The highest BCUT2D eigenvalue weighted by atomic mass is 19.4. The number of H-pyrrole nitrogens is 1. The number of pyridine rings is 1. The first-order valence-corrected chi connectivity index (χ1v) is 15.1. The van der Waals surface area contributed by atoms with E-state index < -0.39 is 24.3 Å². The van der Waals surface area contributed by atoms with Crippen molar-refractivity contribution in [2.75, 3.05) is 13.2 Å². The Hall–Kier alpha value is -4.86. The number of aryl methyl sites for hydroxylation is 1. The molecule has 16 heteroatoms. The van der Waals surface area contributed by atoms with Crippen LogP contribution in [0.5, 0.6) is 11.5 Å². The largest absolute Gasteiger partial charge is 0.493 e. The normalized spacial score (nSPS) is 14.1. The van der Waals surface area contributed by atoms with Crippen LogP contribution in [0.3, 0.4) is 0 Å². The summed E-state index contributed by atoms with van der Waals surface area (Å²) in [6.07, 6.45) is 0.753. The van der Waals surface area contributed by atoms with Gasteiger partial charge < -0.3 is 25.4 Å². The molecule has 0 unspecified atom stereocenters. The summed E-state index contributed by atoms with van der Waals surface area (Å²) in [4.78, 5) is 22.2. The van der Waals surface area contributed by atoms with Gasteiger partial charge in [-0.2, -0.15) is 31.4 Å². The molecule has 0 saturated heterocycles. The van der Waals surface area contributed by atoms with Crippen LogP contribution in [0.15, 0.2) is 60.9 Å². The van der Waals surface area contributed by atoms with Gasteiger partial charge in [0.15, 0.2) is 0 Å². The number of aromatic nitrogens is 3. The lowest BCUT2D eigenvalue weighted by Gasteiger charge is -2.22. The summed E-state index contributed by atoms with van der Waals surface area (Å²) in [5.41, 5.74) is 11.7. The maximum Gasteiger partial charge on any atom is 0.490 e. The third-order valence-corrected chi connectivity index (χ3v) is 7.35. The highest BCUT2D eigenvalue weighted by molar-refractivity contribution is 5.86. The van der Waals surface area contributed by atoms with E-state index in [9.17, 15) is 26.3 Å². The Morgan fingerprint density at radius 1 is 0.898 bits per heavy atom. The highest BCUT2D eigenvalue weighted by Crippen LogP contribution is 2.28. The summed E-state index contributed by atoms with van der Waals surface area (Å²) in [6, 6.07) is 16.4. The molecule has 0 spiro atoms. The molecule has 0 radical (unpaired) electrons. The van der Waals surface area contributed by atoms with Gasteiger partial charge in [0.2, 0.25) is 0 Å². The maximum atomic E-state index is 10.6. The van der Waals surface area contributed by atoms with E-state index in [-0.39, 0.29) is 6.04 Å². The smallest absolute Gasteiger partial charge is 0.490 e. The zero-order chi connectivity index (χ0) is 36.2. The molecule has 0 aliphatic heterocycles. The minimum atomic E-state index is -5.08. The number of halogens is 6. The van der Waals surface area contributed by atoms with Crippen LogP contribution in [0.2, 0.25) is 0 Å². The summed E-state index contributed by atoms with van der Waals surface area (Å²) in [6.45, 7) is 3.25. The third kappa shape index (κ3) is 12.9. The van der Waals surface area contributed by atoms with Crippen LogP contribution in [0.1, 0.15) is 43.4 Å². The molecule has 1 fully saturated rings. The van der Waals surface area contributed by atoms with Crippen molar-refractivity contribution in [1.29, 1.82) is 0 Å². The van der Waals surface area contributed by atoms with Gasteiger partial charge in [-0.15, -0.1) is 0 Å². The van der Waals surface area contributed by atoms with E-state index in [2.05, 4.69) is 39.4 Å². The number of benzene rings is 2. The molecule has 2 aromatic heterocycles. The van der Waals surface area contributed by atoms with E-state index in [0.717, 1.165) is 52.1 Å². The summed E-state index contributed by atoms with van der Waals surface area (Å²) >= 11 is 0. The first-order chi connectivity index (χ1) is 23.0. The van der Waals surface area contributed by atoms with E-state index in [4.69, 9.17) is 35.0 Å². The number of nitrogens with zero attached hydrogens (tertiary/aromatic N) is 2. The van der Waals surface area contributed by atoms with Crippen molar-refractivity contribution < 1.29 is 55.6 Å². The first kappa shape index (κ1) is 38.6. The molecule has 2 aromatic carbocycles. The van der Waals surface area contributed by atoms with E-state index >= 15 is 0 Å². The molecular formula is C33H36F6N4O6. The molecule has 0 bridgehead atoms. The van der Waals surface area contributed by atoms with Gasteiger partial charge in [-0.3, -0.25) is 10.1 Å². The fourth-order valence-corrected chi connectivity index (χ4v) is 4.87. The van der Waals surface area contributed by atoms with Crippen LogP contribution in [-0.2, 0) is 16.0 Å². The topological polar surface area (TPSA) is 161 Å². The molecule has 0 amide bonds. The average molecular weight is 699 g/mol. The lowest BCUT2D eigenvalue weighted by atomic mass is 9.90. The second-order valence-electron chi connectivity index (χ2n) is 11.3. The molecule has 1 atom stereocenters. The van der Waals surface area contributed by atoms with Crippen LogP contribution in [-0.4, -0.2) is 68.9 Å². The zero-order valence-corrected chi connectivity index (χ0v) is 26.4. The van der Waals surface area contributed by atoms with Crippen molar-refractivity contribution in [3.05, 3.63) is 72.2 Å². The standard InChI is InChI=1S/C29H34N4O2.2C2HF3O2/c1-20-28-15-23(10-11-29(28)33-32-20)24-14-27(17-31-16-24)35-19-25(30)12-22-8-5-9-26(13-22)34-18-21-6-3-2-4-7-21;2*3-2(4,5)1(6)7/h5,8-11,13-17,21,25H,2-4,6-7,12,18-19,30H2,1H3,(H,32,33);2*(H,6,7)/t25-;;/m0../s1. The van der Waals surface area contributed by atoms with Crippen LogP contribution in [0.25, 0.3) is 22.0 Å². The van der Waals surface area contributed by atoms with Crippen LogP contribution < -0.4 is 15.2 Å². The number of alkyl halides is 6. The van der Waals surface area contributed by atoms with Crippen molar-refractivity contribution in [2.45, 2.75) is 63.8 Å². The quantitative estimate of drug-likeness (QED) is 0.134. The SMILES string of the molecule is Cc1[nH]nc2ccc(-c3cncc(OC[C@@H](N)Cc4cccc(OCC5CCCCC5)c4)c3)cc12.O=C(O)C(F)(F)F.O=C(O)C(F)(F)F. The monoisotopic (exact) mass is 698 g/mol. The number of fused-ring (bicyclic) bond motifs is 1. The summed E-state index contributed by atoms with van der Waals surface area (Å²) in [5, 5.41) is 22.7. The van der Waals surface area contributed by atoms with Gasteiger partial charge >= 0.3 is 24.3 Å². The lowest BCUT2D eigenvalue weighted by molar-refractivity contribution is -0.193. The fourth-order valence-electron chi connectivity index (χ4n) is 4.87. The zero-order valence-electron chi connectivity index (χ0n) is 26.4. The average Bonchev–Trinajstić information content (AvgIpc) is 3.43. The van der Waals surface area contributed by atoms with Gasteiger partial charge in [-0.05, 0) is 73.6 Å². The number of aromatic amines is 1. The molecule has 266 valence electrons. The molecule has 10 nitrogen and oxygen atoms in total. The Labute approximate surface area is 277 Å². The molecule has 1 aliphatic carbocycles. The van der Waals surface area contributed by atoms with Crippen molar-refractivity contribution in [1.82, 2.24) is 15.2 Å². The lowest BCUT2D eigenvalue weighted by Crippen LogP contribution is -2.30. The number of carboxylic acid groups (broad SMARTS) is 2. The second kappa shape index (κ2) is 17.5. The molecule has 5 N–H and O–H groups in total. The molecular weight excluding hydrogens is 662 g/mol. The highest BCUT2D eigenvalue weighted by Gasteiger charge is 2.38. The van der Waals surface area contributed by atoms with Gasteiger partial charge in [0, 0.05) is 28.9 Å². The Morgan fingerprint density at radius 2 is 1.55 bits per heavy atom. The Morgan fingerprint density at radius 3 is 2.18 bits per heavy atom. The van der Waals surface area contributed by atoms with Crippen molar-refractivity contribution >= 4 is 22.8 Å². The van der Waals surface area contributed by atoms with E-state index in [0.29, 0.717) is 18.3 Å². The van der Waals surface area contributed by atoms with Crippen molar-refractivity contribution in [3.8, 4) is 22.6 Å². The predicted molar refractivity (Wildman–Crippen MR) is 167 cm³/mol. The number of carbonyl (C=O) groups is 2. The minimum absolute atomic E-state index is 0.128. The number of aliphatic carboxylic acids is 2. The number of carboxylic acids is 2. The van der Waals surface area contributed by atoms with Gasteiger partial charge in [0.1, 0.15) is 18.1 Å². The minimum Gasteiger partial charge on any atom is -0.493 e. The predicted octanol–water partition coefficient (Wildman–Crippen LogP) is 7.11. The van der Waals surface area contributed by atoms with E-state index in [1.807, 2.05) is 37.4 Å². The molecule has 1 saturated carbocycles. The fraction of sp³-hybridized carbons (Fsp3) is 0.394. The number of hydrogen-bond acceptors (Lipinski definition) is 7. The summed E-state index contributed by atoms with van der Waals surface area (Å²) < 4.78 is 75.6. The van der Waals surface area contributed by atoms with Crippen molar-refractivity contribution in [2.24, 2.45) is 11.7 Å². The van der Waals surface area contributed by atoms with Crippen LogP contribution in [0, 0.1) is 12.8 Å².